The summed E-state index contributed by atoms with van der Waals surface area (Å²) in [4.78, 5) is 25.6. The Balaban J connectivity index is 1.47. The lowest BCUT2D eigenvalue weighted by Gasteiger charge is -2.08. The molecule has 3 heterocycles. The van der Waals surface area contributed by atoms with E-state index in [0.717, 1.165) is 26.4 Å². The zero-order valence-electron chi connectivity index (χ0n) is 14.8. The molecule has 0 unspecified atom stereocenters. The largest absolute Gasteiger partial charge is 0.319 e. The standard InChI is InChI=1S/C20H14N6OS/c1-12-7-8-13(19-23-14-5-2-3-6-16(14)28-19)11-15(12)22-18(27)17-24-20-21-9-4-10-26(20)25-17/h2-11H,1H3,(H,22,27). The van der Waals surface area contributed by atoms with Crippen LogP contribution in [0.25, 0.3) is 26.6 Å². The van der Waals surface area contributed by atoms with Crippen LogP contribution < -0.4 is 5.32 Å². The van der Waals surface area contributed by atoms with Crippen LogP contribution in [0.3, 0.4) is 0 Å². The Hall–Kier alpha value is -3.65. The molecule has 1 N–H and O–H groups in total. The number of rotatable bonds is 3. The van der Waals surface area contributed by atoms with Gasteiger partial charge in [0.15, 0.2) is 0 Å². The summed E-state index contributed by atoms with van der Waals surface area (Å²) in [5, 5.41) is 7.98. The maximum Gasteiger partial charge on any atom is 0.295 e. The molecule has 2 aromatic carbocycles. The van der Waals surface area contributed by atoms with Crippen LogP contribution in [0.1, 0.15) is 16.2 Å². The molecule has 28 heavy (non-hydrogen) atoms. The fourth-order valence-electron chi connectivity index (χ4n) is 2.89. The Labute approximate surface area is 163 Å². The SMILES string of the molecule is Cc1ccc(-c2nc3ccccc3s2)cc1NC(=O)c1nc2ncccn2n1. The van der Waals surface area contributed by atoms with Gasteiger partial charge < -0.3 is 5.32 Å². The third kappa shape index (κ3) is 2.89. The molecule has 0 aliphatic rings. The molecule has 136 valence electrons. The highest BCUT2D eigenvalue weighted by Crippen LogP contribution is 2.32. The number of fused-ring (bicyclic) bond motifs is 2. The molecule has 0 spiro atoms. The van der Waals surface area contributed by atoms with Crippen LogP contribution in [0.5, 0.6) is 0 Å². The fourth-order valence-corrected chi connectivity index (χ4v) is 3.85. The highest BCUT2D eigenvalue weighted by molar-refractivity contribution is 7.21. The Bertz CT molecular complexity index is 1270. The van der Waals surface area contributed by atoms with Gasteiger partial charge in [0.2, 0.25) is 5.82 Å². The minimum absolute atomic E-state index is 0.0727. The van der Waals surface area contributed by atoms with Crippen molar-refractivity contribution >= 4 is 38.9 Å². The number of carbonyl (C=O) groups excluding carboxylic acids is 1. The molecule has 0 radical (unpaired) electrons. The van der Waals surface area contributed by atoms with E-state index in [2.05, 4.69) is 31.4 Å². The molecular formula is C20H14N6OS. The van der Waals surface area contributed by atoms with Crippen molar-refractivity contribution < 1.29 is 4.79 Å². The van der Waals surface area contributed by atoms with Gasteiger partial charge in [0.25, 0.3) is 11.7 Å². The van der Waals surface area contributed by atoms with E-state index in [1.54, 1.807) is 29.8 Å². The fraction of sp³-hybridized carbons (Fsp3) is 0.0500. The van der Waals surface area contributed by atoms with Crippen molar-refractivity contribution in [3.8, 4) is 10.6 Å². The first kappa shape index (κ1) is 16.5. The van der Waals surface area contributed by atoms with E-state index in [1.165, 1.54) is 4.52 Å². The van der Waals surface area contributed by atoms with Crippen molar-refractivity contribution in [2.45, 2.75) is 6.92 Å². The average molecular weight is 386 g/mol. The number of aryl methyl sites for hydroxylation is 1. The number of carbonyl (C=O) groups is 1. The molecule has 7 nitrogen and oxygen atoms in total. The molecule has 0 aliphatic carbocycles. The molecule has 1 amide bonds. The van der Waals surface area contributed by atoms with Crippen LogP contribution in [0.15, 0.2) is 60.9 Å². The van der Waals surface area contributed by atoms with Crippen molar-refractivity contribution in [2.24, 2.45) is 0 Å². The van der Waals surface area contributed by atoms with Gasteiger partial charge in [0.1, 0.15) is 5.01 Å². The predicted molar refractivity (Wildman–Crippen MR) is 109 cm³/mol. The lowest BCUT2D eigenvalue weighted by molar-refractivity contribution is 0.101. The number of hydrogen-bond donors (Lipinski definition) is 1. The summed E-state index contributed by atoms with van der Waals surface area (Å²) in [6, 6.07) is 15.7. The molecule has 0 saturated carbocycles. The number of benzene rings is 2. The first-order valence-electron chi connectivity index (χ1n) is 8.63. The van der Waals surface area contributed by atoms with E-state index in [0.29, 0.717) is 11.5 Å². The van der Waals surface area contributed by atoms with Gasteiger partial charge >= 0.3 is 0 Å². The Morgan fingerprint density at radius 2 is 2.00 bits per heavy atom. The third-order valence-corrected chi connectivity index (χ3v) is 5.43. The number of amides is 1. The van der Waals surface area contributed by atoms with Crippen molar-refractivity contribution in [3.05, 3.63) is 72.3 Å². The summed E-state index contributed by atoms with van der Waals surface area (Å²) in [5.74, 6) is 0.0751. The van der Waals surface area contributed by atoms with Gasteiger partial charge in [0, 0.05) is 23.6 Å². The second kappa shape index (κ2) is 6.50. The Morgan fingerprint density at radius 3 is 2.86 bits per heavy atom. The number of nitrogens with zero attached hydrogens (tertiary/aromatic N) is 5. The zero-order valence-corrected chi connectivity index (χ0v) is 15.6. The number of hydrogen-bond acceptors (Lipinski definition) is 6. The van der Waals surface area contributed by atoms with E-state index < -0.39 is 0 Å². The van der Waals surface area contributed by atoms with Crippen molar-refractivity contribution in [1.82, 2.24) is 24.6 Å². The van der Waals surface area contributed by atoms with Crippen molar-refractivity contribution in [2.75, 3.05) is 5.32 Å². The number of anilines is 1. The monoisotopic (exact) mass is 386 g/mol. The molecule has 0 aliphatic heterocycles. The van der Waals surface area contributed by atoms with Crippen molar-refractivity contribution in [1.29, 1.82) is 0 Å². The van der Waals surface area contributed by atoms with Crippen LogP contribution in [-0.4, -0.2) is 30.5 Å². The highest BCUT2D eigenvalue weighted by atomic mass is 32.1. The molecule has 8 heteroatoms. The topological polar surface area (TPSA) is 85.1 Å². The summed E-state index contributed by atoms with van der Waals surface area (Å²) >= 11 is 1.62. The van der Waals surface area contributed by atoms with Crippen molar-refractivity contribution in [3.63, 3.8) is 0 Å². The number of nitrogens with one attached hydrogen (secondary N) is 1. The zero-order chi connectivity index (χ0) is 19.1. The number of para-hydroxylation sites is 1. The molecule has 5 rings (SSSR count). The highest BCUT2D eigenvalue weighted by Gasteiger charge is 2.15. The average Bonchev–Trinajstić information content (AvgIpc) is 3.33. The van der Waals surface area contributed by atoms with Crippen LogP contribution in [0, 0.1) is 6.92 Å². The molecule has 0 atom stereocenters. The normalized spacial score (nSPS) is 11.2. The Morgan fingerprint density at radius 1 is 1.11 bits per heavy atom. The summed E-state index contributed by atoms with van der Waals surface area (Å²) < 4.78 is 2.60. The van der Waals surface area contributed by atoms with E-state index in [4.69, 9.17) is 0 Å². The number of aromatic nitrogens is 5. The molecule has 0 saturated heterocycles. The molecular weight excluding hydrogens is 372 g/mol. The van der Waals surface area contributed by atoms with Crippen LogP contribution in [0.2, 0.25) is 0 Å². The van der Waals surface area contributed by atoms with Crippen LogP contribution in [-0.2, 0) is 0 Å². The maximum absolute atomic E-state index is 12.6. The van der Waals surface area contributed by atoms with Gasteiger partial charge in [-0.1, -0.05) is 24.3 Å². The molecule has 3 aromatic heterocycles. The molecule has 0 fully saturated rings. The van der Waals surface area contributed by atoms with Gasteiger partial charge in [-0.05, 0) is 36.8 Å². The van der Waals surface area contributed by atoms with E-state index >= 15 is 0 Å². The second-order valence-electron chi connectivity index (χ2n) is 6.27. The lowest BCUT2D eigenvalue weighted by Crippen LogP contribution is -2.14. The van der Waals surface area contributed by atoms with Gasteiger partial charge in [-0.25, -0.2) is 14.5 Å². The van der Waals surface area contributed by atoms with Gasteiger partial charge in [0.05, 0.1) is 10.2 Å². The quantitative estimate of drug-likeness (QED) is 0.507. The maximum atomic E-state index is 12.6. The minimum Gasteiger partial charge on any atom is -0.319 e. The number of thiazole rings is 1. The molecule has 5 aromatic rings. The smallest absolute Gasteiger partial charge is 0.295 e. The predicted octanol–water partition coefficient (Wildman–Crippen LogP) is 3.96. The summed E-state index contributed by atoms with van der Waals surface area (Å²) in [5.41, 5.74) is 3.57. The summed E-state index contributed by atoms with van der Waals surface area (Å²) in [7, 11) is 0. The van der Waals surface area contributed by atoms with Gasteiger partial charge in [-0.2, -0.15) is 4.98 Å². The Kier molecular flexibility index (Phi) is 3.84. The lowest BCUT2D eigenvalue weighted by atomic mass is 10.1. The van der Waals surface area contributed by atoms with Crippen LogP contribution >= 0.6 is 11.3 Å². The first-order valence-corrected chi connectivity index (χ1v) is 9.44. The van der Waals surface area contributed by atoms with Crippen LogP contribution in [0.4, 0.5) is 5.69 Å². The molecule has 0 bridgehead atoms. The minimum atomic E-state index is -0.380. The van der Waals surface area contributed by atoms with Gasteiger partial charge in [-0.15, -0.1) is 16.4 Å². The summed E-state index contributed by atoms with van der Waals surface area (Å²) in [6.07, 6.45) is 3.31. The summed E-state index contributed by atoms with van der Waals surface area (Å²) in [6.45, 7) is 1.94. The third-order valence-electron chi connectivity index (χ3n) is 4.35. The van der Waals surface area contributed by atoms with E-state index in [-0.39, 0.29) is 11.7 Å². The first-order chi connectivity index (χ1) is 13.7. The second-order valence-corrected chi connectivity index (χ2v) is 7.30. The van der Waals surface area contributed by atoms with E-state index in [9.17, 15) is 4.79 Å². The van der Waals surface area contributed by atoms with E-state index in [1.807, 2.05) is 43.3 Å². The van der Waals surface area contributed by atoms with Gasteiger partial charge in [-0.3, -0.25) is 4.79 Å².